The molecule has 0 amide bonds. The molecule has 1 N–H and O–H groups in total. The number of hydrogen-bond acceptors (Lipinski definition) is 2. The predicted molar refractivity (Wildman–Crippen MR) is 79.1 cm³/mol. The van der Waals surface area contributed by atoms with E-state index in [0.717, 1.165) is 17.3 Å². The summed E-state index contributed by atoms with van der Waals surface area (Å²) in [5.74, 6) is 1.15. The number of rotatable bonds is 5. The fourth-order valence-electron chi connectivity index (χ4n) is 1.34. The second kappa shape index (κ2) is 6.67. The minimum Gasteiger partial charge on any atom is -0.308 e. The van der Waals surface area contributed by atoms with E-state index in [1.165, 1.54) is 16.9 Å². The third-order valence-electron chi connectivity index (χ3n) is 2.31. The van der Waals surface area contributed by atoms with Crippen molar-refractivity contribution in [1.29, 1.82) is 0 Å². The Balaban J connectivity index is 2.63. The first kappa shape index (κ1) is 14.9. The van der Waals surface area contributed by atoms with E-state index in [-0.39, 0.29) is 5.54 Å². The van der Waals surface area contributed by atoms with Crippen molar-refractivity contribution in [3.05, 3.63) is 28.8 Å². The summed E-state index contributed by atoms with van der Waals surface area (Å²) >= 11 is 8.15. The molecule has 3 heteroatoms. The molecule has 0 saturated heterocycles. The van der Waals surface area contributed by atoms with E-state index < -0.39 is 0 Å². The fraction of sp³-hybridized carbons (Fsp3) is 0.571. The molecule has 0 aromatic heterocycles. The smallest absolute Gasteiger partial charge is 0.0462 e. The number of nitrogens with one attached hydrogen (secondary N) is 1. The van der Waals surface area contributed by atoms with Crippen molar-refractivity contribution in [2.75, 3.05) is 5.75 Å². The van der Waals surface area contributed by atoms with Crippen molar-refractivity contribution < 1.29 is 0 Å². The van der Waals surface area contributed by atoms with Crippen LogP contribution in [-0.4, -0.2) is 11.3 Å². The molecule has 0 aliphatic carbocycles. The zero-order chi connectivity index (χ0) is 12.9. The monoisotopic (exact) mass is 271 g/mol. The number of benzene rings is 1. The summed E-state index contributed by atoms with van der Waals surface area (Å²) in [6, 6.07) is 6.35. The number of hydrogen-bond donors (Lipinski definition) is 1. The lowest BCUT2D eigenvalue weighted by Crippen LogP contribution is -2.35. The first-order valence-corrected chi connectivity index (χ1v) is 7.45. The van der Waals surface area contributed by atoms with Crippen LogP contribution in [-0.2, 0) is 6.54 Å². The van der Waals surface area contributed by atoms with Crippen molar-refractivity contribution in [2.45, 2.75) is 51.1 Å². The standard InChI is InChI=1S/C14H22ClNS/c1-5-8-17-12-7-6-11(13(15)9-12)10-16-14(2,3)4/h6-7,9,16H,5,8,10H2,1-4H3. The molecule has 0 bridgehead atoms. The highest BCUT2D eigenvalue weighted by atomic mass is 35.5. The second-order valence-corrected chi connectivity index (χ2v) is 6.78. The molecular weight excluding hydrogens is 250 g/mol. The first-order valence-electron chi connectivity index (χ1n) is 6.08. The van der Waals surface area contributed by atoms with Crippen LogP contribution in [0.1, 0.15) is 39.7 Å². The molecule has 0 aliphatic heterocycles. The largest absolute Gasteiger partial charge is 0.308 e. The lowest BCUT2D eigenvalue weighted by molar-refractivity contribution is 0.424. The predicted octanol–water partition coefficient (Wildman–Crippen LogP) is 4.73. The van der Waals surface area contributed by atoms with Gasteiger partial charge in [0.1, 0.15) is 0 Å². The SMILES string of the molecule is CCCSc1ccc(CNC(C)(C)C)c(Cl)c1. The Morgan fingerprint density at radius 3 is 2.53 bits per heavy atom. The minimum atomic E-state index is 0.124. The normalized spacial score (nSPS) is 11.8. The van der Waals surface area contributed by atoms with Crippen molar-refractivity contribution in [2.24, 2.45) is 0 Å². The zero-order valence-electron chi connectivity index (χ0n) is 11.1. The van der Waals surface area contributed by atoms with Gasteiger partial charge in [0.05, 0.1) is 0 Å². The molecule has 0 heterocycles. The quantitative estimate of drug-likeness (QED) is 0.777. The van der Waals surface area contributed by atoms with Crippen molar-refractivity contribution in [3.8, 4) is 0 Å². The maximum absolute atomic E-state index is 6.28. The molecule has 1 aromatic rings. The van der Waals surface area contributed by atoms with E-state index in [0.29, 0.717) is 0 Å². The Hall–Kier alpha value is -0.180. The van der Waals surface area contributed by atoms with Gasteiger partial charge in [-0.25, -0.2) is 0 Å². The molecule has 0 aliphatic rings. The van der Waals surface area contributed by atoms with Gasteiger partial charge in [-0.3, -0.25) is 0 Å². The maximum atomic E-state index is 6.28. The van der Waals surface area contributed by atoms with Gasteiger partial charge in [-0.1, -0.05) is 24.6 Å². The van der Waals surface area contributed by atoms with Crippen LogP contribution in [0.25, 0.3) is 0 Å². The average molecular weight is 272 g/mol. The average Bonchev–Trinajstić information content (AvgIpc) is 2.23. The van der Waals surface area contributed by atoms with E-state index in [1.54, 1.807) is 0 Å². The van der Waals surface area contributed by atoms with Gasteiger partial charge in [-0.2, -0.15) is 0 Å². The second-order valence-electron chi connectivity index (χ2n) is 5.21. The molecule has 96 valence electrons. The van der Waals surface area contributed by atoms with Gasteiger partial charge in [0.15, 0.2) is 0 Å². The number of halogens is 1. The van der Waals surface area contributed by atoms with Crippen LogP contribution in [0.15, 0.2) is 23.1 Å². The Kier molecular flexibility index (Phi) is 5.84. The summed E-state index contributed by atoms with van der Waals surface area (Å²) in [6.45, 7) is 9.49. The van der Waals surface area contributed by atoms with Crippen LogP contribution in [0.4, 0.5) is 0 Å². The highest BCUT2D eigenvalue weighted by Gasteiger charge is 2.10. The lowest BCUT2D eigenvalue weighted by atomic mass is 10.1. The summed E-state index contributed by atoms with van der Waals surface area (Å²) in [5.41, 5.74) is 1.29. The lowest BCUT2D eigenvalue weighted by Gasteiger charge is -2.21. The van der Waals surface area contributed by atoms with Gasteiger partial charge in [0, 0.05) is 22.0 Å². The fourth-order valence-corrected chi connectivity index (χ4v) is 2.46. The van der Waals surface area contributed by atoms with Crippen LogP contribution < -0.4 is 5.32 Å². The van der Waals surface area contributed by atoms with E-state index in [4.69, 9.17) is 11.6 Å². The van der Waals surface area contributed by atoms with Crippen molar-refractivity contribution >= 4 is 23.4 Å². The Morgan fingerprint density at radius 2 is 2.00 bits per heavy atom. The number of thioether (sulfide) groups is 1. The van der Waals surface area contributed by atoms with Crippen LogP contribution in [0.2, 0.25) is 5.02 Å². The zero-order valence-corrected chi connectivity index (χ0v) is 12.7. The molecule has 0 fully saturated rings. The van der Waals surface area contributed by atoms with Crippen LogP contribution in [0.5, 0.6) is 0 Å². The third kappa shape index (κ3) is 5.80. The minimum absolute atomic E-state index is 0.124. The molecule has 1 nitrogen and oxygen atoms in total. The molecule has 1 aromatic carbocycles. The first-order chi connectivity index (χ1) is 7.92. The Labute approximate surface area is 114 Å². The summed E-state index contributed by atoms with van der Waals surface area (Å²) in [4.78, 5) is 1.26. The molecule has 0 radical (unpaired) electrons. The highest BCUT2D eigenvalue weighted by Crippen LogP contribution is 2.25. The van der Waals surface area contributed by atoms with Gasteiger partial charge in [-0.15, -0.1) is 11.8 Å². The Morgan fingerprint density at radius 1 is 1.29 bits per heavy atom. The third-order valence-corrected chi connectivity index (χ3v) is 3.86. The molecule has 1 rings (SSSR count). The van der Waals surface area contributed by atoms with Crippen LogP contribution >= 0.6 is 23.4 Å². The van der Waals surface area contributed by atoms with E-state index in [1.807, 2.05) is 11.8 Å². The highest BCUT2D eigenvalue weighted by molar-refractivity contribution is 7.99. The van der Waals surface area contributed by atoms with E-state index >= 15 is 0 Å². The van der Waals surface area contributed by atoms with Crippen molar-refractivity contribution in [3.63, 3.8) is 0 Å². The summed E-state index contributed by atoms with van der Waals surface area (Å²) in [6.07, 6.45) is 1.19. The van der Waals surface area contributed by atoms with Gasteiger partial charge in [0.2, 0.25) is 0 Å². The molecule has 0 spiro atoms. The molecule has 17 heavy (non-hydrogen) atoms. The molecule has 0 atom stereocenters. The van der Waals surface area contributed by atoms with Crippen LogP contribution in [0.3, 0.4) is 0 Å². The Bertz CT molecular complexity index is 358. The van der Waals surface area contributed by atoms with Gasteiger partial charge in [0.25, 0.3) is 0 Å². The van der Waals surface area contributed by atoms with Crippen LogP contribution in [0, 0.1) is 0 Å². The summed E-state index contributed by atoms with van der Waals surface area (Å²) < 4.78 is 0. The van der Waals surface area contributed by atoms with Gasteiger partial charge >= 0.3 is 0 Å². The molecule has 0 saturated carbocycles. The molecular formula is C14H22ClNS. The van der Waals surface area contributed by atoms with Gasteiger partial charge < -0.3 is 5.32 Å². The van der Waals surface area contributed by atoms with E-state index in [9.17, 15) is 0 Å². The van der Waals surface area contributed by atoms with Crippen molar-refractivity contribution in [1.82, 2.24) is 5.32 Å². The summed E-state index contributed by atoms with van der Waals surface area (Å²) in [7, 11) is 0. The summed E-state index contributed by atoms with van der Waals surface area (Å²) in [5, 5.41) is 4.31. The molecule has 0 unspecified atom stereocenters. The van der Waals surface area contributed by atoms with Gasteiger partial charge in [-0.05, 0) is 50.6 Å². The maximum Gasteiger partial charge on any atom is 0.0462 e. The topological polar surface area (TPSA) is 12.0 Å². The van der Waals surface area contributed by atoms with E-state index in [2.05, 4.69) is 51.2 Å².